The molecule has 0 aliphatic carbocycles. The molecule has 78 valence electrons. The van der Waals surface area contributed by atoms with Crippen molar-refractivity contribution in [2.75, 3.05) is 14.2 Å². The lowest BCUT2D eigenvalue weighted by Crippen LogP contribution is -2.25. The maximum atomic E-state index is 11.7. The van der Waals surface area contributed by atoms with Gasteiger partial charge in [-0.15, -0.1) is 11.3 Å². The van der Waals surface area contributed by atoms with E-state index in [9.17, 15) is 4.79 Å². The topological polar surface area (TPSA) is 42.4 Å². The van der Waals surface area contributed by atoms with E-state index in [-0.39, 0.29) is 5.91 Å². The van der Waals surface area contributed by atoms with Crippen LogP contribution in [0.15, 0.2) is 23.7 Å². The van der Waals surface area contributed by atoms with Crippen molar-refractivity contribution >= 4 is 27.5 Å². The van der Waals surface area contributed by atoms with Crippen molar-refractivity contribution < 1.29 is 9.63 Å². The number of nitrogens with zero attached hydrogens (tertiary/aromatic N) is 2. The molecule has 1 amide bonds. The van der Waals surface area contributed by atoms with Crippen molar-refractivity contribution in [3.63, 3.8) is 0 Å². The van der Waals surface area contributed by atoms with Gasteiger partial charge in [-0.2, -0.15) is 0 Å². The average Bonchev–Trinajstić information content (AvgIpc) is 2.73. The van der Waals surface area contributed by atoms with Crippen LogP contribution in [0.3, 0.4) is 0 Å². The second-order valence-electron chi connectivity index (χ2n) is 3.02. The molecule has 15 heavy (non-hydrogen) atoms. The molecule has 0 radical (unpaired) electrons. The fraction of sp³-hybridized carbons (Fsp3) is 0.200. The molecule has 0 N–H and O–H groups in total. The van der Waals surface area contributed by atoms with Gasteiger partial charge >= 0.3 is 0 Å². The summed E-state index contributed by atoms with van der Waals surface area (Å²) in [6.07, 6.45) is 0. The van der Waals surface area contributed by atoms with Gasteiger partial charge < -0.3 is 0 Å². The van der Waals surface area contributed by atoms with E-state index < -0.39 is 0 Å². The Morgan fingerprint density at radius 2 is 2.33 bits per heavy atom. The van der Waals surface area contributed by atoms with E-state index >= 15 is 0 Å². The van der Waals surface area contributed by atoms with Gasteiger partial charge in [0.2, 0.25) is 0 Å². The second-order valence-corrected chi connectivity index (χ2v) is 3.91. The van der Waals surface area contributed by atoms with E-state index in [1.54, 1.807) is 18.6 Å². The predicted molar refractivity (Wildman–Crippen MR) is 58.7 cm³/mol. The van der Waals surface area contributed by atoms with E-state index in [0.29, 0.717) is 5.56 Å². The van der Waals surface area contributed by atoms with Gasteiger partial charge in [-0.25, -0.2) is 10.0 Å². The summed E-state index contributed by atoms with van der Waals surface area (Å²) in [4.78, 5) is 20.7. The third kappa shape index (κ3) is 1.84. The number of aromatic nitrogens is 1. The quantitative estimate of drug-likeness (QED) is 0.729. The molecule has 4 nitrogen and oxygen atoms in total. The highest BCUT2D eigenvalue weighted by Crippen LogP contribution is 2.19. The maximum Gasteiger partial charge on any atom is 0.277 e. The van der Waals surface area contributed by atoms with Crippen LogP contribution in [0.4, 0.5) is 0 Å². The first-order valence-electron chi connectivity index (χ1n) is 4.38. The van der Waals surface area contributed by atoms with Gasteiger partial charge in [0.15, 0.2) is 0 Å². The normalized spacial score (nSPS) is 10.5. The molecule has 0 fully saturated rings. The first-order valence-corrected chi connectivity index (χ1v) is 5.26. The molecule has 0 aliphatic rings. The van der Waals surface area contributed by atoms with Crippen molar-refractivity contribution in [3.05, 3.63) is 29.3 Å². The molecule has 1 aromatic heterocycles. The van der Waals surface area contributed by atoms with Crippen molar-refractivity contribution in [2.24, 2.45) is 0 Å². The molecule has 0 saturated heterocycles. The highest BCUT2D eigenvalue weighted by Gasteiger charge is 2.11. The first kappa shape index (κ1) is 10.1. The minimum Gasteiger partial charge on any atom is -0.274 e. The fourth-order valence-corrected chi connectivity index (χ4v) is 1.97. The number of carbonyl (C=O) groups is 1. The second kappa shape index (κ2) is 3.96. The highest BCUT2D eigenvalue weighted by atomic mass is 32.1. The molecule has 0 bridgehead atoms. The zero-order valence-electron chi connectivity index (χ0n) is 8.43. The van der Waals surface area contributed by atoms with Crippen molar-refractivity contribution in [3.8, 4) is 0 Å². The largest absolute Gasteiger partial charge is 0.277 e. The maximum absolute atomic E-state index is 11.7. The third-order valence-corrected chi connectivity index (χ3v) is 2.93. The van der Waals surface area contributed by atoms with E-state index in [1.165, 1.54) is 23.5 Å². The number of amides is 1. The van der Waals surface area contributed by atoms with Crippen molar-refractivity contribution in [1.82, 2.24) is 10.0 Å². The molecule has 2 aromatic rings. The minimum atomic E-state index is -0.159. The van der Waals surface area contributed by atoms with Crippen LogP contribution in [0, 0.1) is 0 Å². The number of hydroxylamine groups is 2. The number of hydrogen-bond acceptors (Lipinski definition) is 4. The molecule has 0 saturated carbocycles. The Kier molecular flexibility index (Phi) is 2.66. The summed E-state index contributed by atoms with van der Waals surface area (Å²) in [6.45, 7) is 0. The Balaban J connectivity index is 2.39. The van der Waals surface area contributed by atoms with Gasteiger partial charge in [0.05, 0.1) is 22.8 Å². The van der Waals surface area contributed by atoms with Crippen LogP contribution in [0.25, 0.3) is 10.2 Å². The molecular formula is C10H10N2O2S. The van der Waals surface area contributed by atoms with Crippen LogP contribution in [-0.4, -0.2) is 30.1 Å². The molecule has 1 aromatic carbocycles. The Labute approximate surface area is 91.1 Å². The van der Waals surface area contributed by atoms with Crippen LogP contribution in [0.1, 0.15) is 10.4 Å². The molecule has 1 heterocycles. The third-order valence-electron chi connectivity index (χ3n) is 2.14. The van der Waals surface area contributed by atoms with Gasteiger partial charge in [0.25, 0.3) is 5.91 Å². The summed E-state index contributed by atoms with van der Waals surface area (Å²) in [5.74, 6) is -0.159. The summed E-state index contributed by atoms with van der Waals surface area (Å²) in [5, 5.41) is 1.20. The summed E-state index contributed by atoms with van der Waals surface area (Å²) in [7, 11) is 3.04. The van der Waals surface area contributed by atoms with Crippen molar-refractivity contribution in [2.45, 2.75) is 0 Å². The van der Waals surface area contributed by atoms with E-state index in [2.05, 4.69) is 4.98 Å². The van der Waals surface area contributed by atoms with Crippen LogP contribution in [0.5, 0.6) is 0 Å². The Morgan fingerprint density at radius 3 is 3.07 bits per heavy atom. The predicted octanol–water partition coefficient (Wildman–Crippen LogP) is 1.93. The van der Waals surface area contributed by atoms with Crippen LogP contribution < -0.4 is 0 Å². The molecular weight excluding hydrogens is 212 g/mol. The number of hydrogen-bond donors (Lipinski definition) is 0. The zero-order valence-corrected chi connectivity index (χ0v) is 9.25. The van der Waals surface area contributed by atoms with Gasteiger partial charge in [0.1, 0.15) is 0 Å². The number of benzene rings is 1. The summed E-state index contributed by atoms with van der Waals surface area (Å²) >= 11 is 1.52. The Bertz CT molecular complexity index is 495. The molecule has 0 atom stereocenters. The van der Waals surface area contributed by atoms with Crippen LogP contribution >= 0.6 is 11.3 Å². The Hall–Kier alpha value is -1.46. The number of fused-ring (bicyclic) bond motifs is 1. The Morgan fingerprint density at radius 1 is 1.53 bits per heavy atom. The molecule has 5 heteroatoms. The van der Waals surface area contributed by atoms with Crippen LogP contribution in [0.2, 0.25) is 0 Å². The van der Waals surface area contributed by atoms with Crippen LogP contribution in [-0.2, 0) is 4.84 Å². The zero-order chi connectivity index (χ0) is 10.8. The number of thiazole rings is 1. The fourth-order valence-electron chi connectivity index (χ4n) is 1.25. The summed E-state index contributed by atoms with van der Waals surface area (Å²) in [6, 6.07) is 5.41. The van der Waals surface area contributed by atoms with Gasteiger partial charge in [-0.3, -0.25) is 9.63 Å². The van der Waals surface area contributed by atoms with E-state index in [4.69, 9.17) is 4.84 Å². The average molecular weight is 222 g/mol. The van der Waals surface area contributed by atoms with Crippen molar-refractivity contribution in [1.29, 1.82) is 0 Å². The lowest BCUT2D eigenvalue weighted by Gasteiger charge is -2.13. The molecule has 2 rings (SSSR count). The van der Waals surface area contributed by atoms with Gasteiger partial charge in [-0.05, 0) is 18.2 Å². The van der Waals surface area contributed by atoms with Gasteiger partial charge in [-0.1, -0.05) is 0 Å². The monoisotopic (exact) mass is 222 g/mol. The lowest BCUT2D eigenvalue weighted by molar-refractivity contribution is -0.0756. The number of rotatable bonds is 2. The minimum absolute atomic E-state index is 0.159. The summed E-state index contributed by atoms with van der Waals surface area (Å²) < 4.78 is 1.00. The number of carbonyl (C=O) groups excluding carboxylic acids is 1. The SMILES string of the molecule is CON(C)C(=O)c1ccc2ncsc2c1. The summed E-state index contributed by atoms with van der Waals surface area (Å²) in [5.41, 5.74) is 3.28. The highest BCUT2D eigenvalue weighted by molar-refractivity contribution is 7.16. The van der Waals surface area contributed by atoms with E-state index in [0.717, 1.165) is 10.2 Å². The standard InChI is InChI=1S/C10H10N2O2S/c1-12(14-2)10(13)7-3-4-8-9(5-7)15-6-11-8/h3-6H,1-2H3. The molecule has 0 aliphatic heterocycles. The lowest BCUT2D eigenvalue weighted by atomic mass is 10.2. The first-order chi connectivity index (χ1) is 7.22. The van der Waals surface area contributed by atoms with Gasteiger partial charge in [0, 0.05) is 12.6 Å². The molecule has 0 spiro atoms. The smallest absolute Gasteiger partial charge is 0.274 e. The van der Waals surface area contributed by atoms with E-state index in [1.807, 2.05) is 12.1 Å². The molecule has 0 unspecified atom stereocenters.